The summed E-state index contributed by atoms with van der Waals surface area (Å²) in [6, 6.07) is 7.87. The molecule has 1 rings (SSSR count). The number of amidine groups is 1. The van der Waals surface area contributed by atoms with Gasteiger partial charge in [0, 0.05) is 24.3 Å². The number of benzene rings is 1. The summed E-state index contributed by atoms with van der Waals surface area (Å²) in [4.78, 5) is 2.35. The van der Waals surface area contributed by atoms with E-state index in [1.165, 1.54) is 0 Å². The fourth-order valence-corrected chi connectivity index (χ4v) is 2.20. The number of anilines is 1. The van der Waals surface area contributed by atoms with Gasteiger partial charge in [-0.3, -0.25) is 0 Å². The number of hydrogen-bond donors (Lipinski definition) is 2. The standard InChI is InChI=1S/C17H29N3O/c1-13(2)9-11-20(12-10-14(3)4)16-8-6-5-7-15(16)17(18)19-21/h5-8,13-14,21H,9-12H2,1-4H3,(H2,18,19). The molecular weight excluding hydrogens is 262 g/mol. The fourth-order valence-electron chi connectivity index (χ4n) is 2.20. The van der Waals surface area contributed by atoms with Crippen molar-refractivity contribution in [3.63, 3.8) is 0 Å². The molecule has 0 aliphatic rings. The van der Waals surface area contributed by atoms with Gasteiger partial charge in [0.25, 0.3) is 0 Å². The van der Waals surface area contributed by atoms with Crippen molar-refractivity contribution >= 4 is 11.5 Å². The van der Waals surface area contributed by atoms with Crippen LogP contribution in [0, 0.1) is 11.8 Å². The summed E-state index contributed by atoms with van der Waals surface area (Å²) in [7, 11) is 0. The SMILES string of the molecule is CC(C)CCN(CCC(C)C)c1ccccc1/C(N)=N/O. The van der Waals surface area contributed by atoms with Gasteiger partial charge < -0.3 is 15.8 Å². The molecule has 0 aromatic heterocycles. The highest BCUT2D eigenvalue weighted by Crippen LogP contribution is 2.22. The third-order valence-corrected chi connectivity index (χ3v) is 3.58. The molecule has 1 aromatic carbocycles. The van der Waals surface area contributed by atoms with Crippen molar-refractivity contribution in [2.75, 3.05) is 18.0 Å². The van der Waals surface area contributed by atoms with Gasteiger partial charge in [0.2, 0.25) is 0 Å². The molecule has 21 heavy (non-hydrogen) atoms. The number of nitrogens with two attached hydrogens (primary N) is 1. The highest BCUT2D eigenvalue weighted by molar-refractivity contribution is 6.02. The average molecular weight is 291 g/mol. The van der Waals surface area contributed by atoms with Crippen molar-refractivity contribution in [3.05, 3.63) is 29.8 Å². The maximum absolute atomic E-state index is 8.98. The van der Waals surface area contributed by atoms with Crippen molar-refractivity contribution in [2.24, 2.45) is 22.7 Å². The monoisotopic (exact) mass is 291 g/mol. The van der Waals surface area contributed by atoms with Gasteiger partial charge in [-0.15, -0.1) is 0 Å². The first-order valence-corrected chi connectivity index (χ1v) is 7.77. The Kier molecular flexibility index (Phi) is 7.06. The van der Waals surface area contributed by atoms with Gasteiger partial charge in [0.05, 0.1) is 0 Å². The molecule has 0 fully saturated rings. The lowest BCUT2D eigenvalue weighted by Crippen LogP contribution is -2.30. The normalized spacial score (nSPS) is 12.2. The minimum atomic E-state index is 0.171. The van der Waals surface area contributed by atoms with Gasteiger partial charge >= 0.3 is 0 Å². The molecule has 0 bridgehead atoms. The molecule has 118 valence electrons. The van der Waals surface area contributed by atoms with Gasteiger partial charge in [-0.2, -0.15) is 0 Å². The summed E-state index contributed by atoms with van der Waals surface area (Å²) in [5.41, 5.74) is 7.67. The molecule has 4 nitrogen and oxygen atoms in total. The fraction of sp³-hybridized carbons (Fsp3) is 0.588. The first kappa shape index (κ1) is 17.3. The van der Waals surface area contributed by atoms with Crippen LogP contribution in [0.5, 0.6) is 0 Å². The first-order valence-electron chi connectivity index (χ1n) is 7.77. The maximum Gasteiger partial charge on any atom is 0.172 e. The molecule has 1 aromatic rings. The Hall–Kier alpha value is -1.71. The van der Waals surface area contributed by atoms with Crippen LogP contribution in [-0.2, 0) is 0 Å². The molecule has 0 radical (unpaired) electrons. The molecule has 0 aliphatic heterocycles. The molecule has 0 spiro atoms. The largest absolute Gasteiger partial charge is 0.409 e. The van der Waals surface area contributed by atoms with Gasteiger partial charge in [-0.25, -0.2) is 0 Å². The number of nitrogens with zero attached hydrogens (tertiary/aromatic N) is 2. The number of para-hydroxylation sites is 1. The Morgan fingerprint density at radius 3 is 2.10 bits per heavy atom. The lowest BCUT2D eigenvalue weighted by molar-refractivity contribution is 0.318. The lowest BCUT2D eigenvalue weighted by atomic mass is 10.1. The summed E-state index contributed by atoms with van der Waals surface area (Å²) in [6.07, 6.45) is 2.26. The smallest absolute Gasteiger partial charge is 0.172 e. The molecule has 0 heterocycles. The highest BCUT2D eigenvalue weighted by Gasteiger charge is 2.14. The molecule has 0 saturated carbocycles. The Morgan fingerprint density at radius 1 is 1.10 bits per heavy atom. The van der Waals surface area contributed by atoms with E-state index in [9.17, 15) is 0 Å². The van der Waals surface area contributed by atoms with Crippen LogP contribution >= 0.6 is 0 Å². The summed E-state index contributed by atoms with van der Waals surface area (Å²) < 4.78 is 0. The maximum atomic E-state index is 8.98. The average Bonchev–Trinajstić information content (AvgIpc) is 2.46. The van der Waals surface area contributed by atoms with Crippen molar-refractivity contribution in [3.8, 4) is 0 Å². The summed E-state index contributed by atoms with van der Waals surface area (Å²) in [5.74, 6) is 1.48. The molecular formula is C17H29N3O. The molecule has 3 N–H and O–H groups in total. The zero-order valence-electron chi connectivity index (χ0n) is 13.7. The van der Waals surface area contributed by atoms with Gasteiger partial charge in [-0.05, 0) is 36.8 Å². The van der Waals surface area contributed by atoms with Crippen LogP contribution in [0.15, 0.2) is 29.4 Å². The van der Waals surface area contributed by atoms with Crippen LogP contribution in [0.4, 0.5) is 5.69 Å². The zero-order chi connectivity index (χ0) is 15.8. The van der Waals surface area contributed by atoms with E-state index in [4.69, 9.17) is 10.9 Å². The quantitative estimate of drug-likeness (QED) is 0.332. The summed E-state index contributed by atoms with van der Waals surface area (Å²) in [5, 5.41) is 12.1. The molecule has 0 saturated heterocycles. The van der Waals surface area contributed by atoms with Crippen molar-refractivity contribution < 1.29 is 5.21 Å². The van der Waals surface area contributed by atoms with E-state index in [1.54, 1.807) is 0 Å². The molecule has 0 amide bonds. The van der Waals surface area contributed by atoms with E-state index in [2.05, 4.69) is 37.8 Å². The minimum Gasteiger partial charge on any atom is -0.409 e. The van der Waals surface area contributed by atoms with E-state index in [-0.39, 0.29) is 5.84 Å². The third kappa shape index (κ3) is 5.66. The molecule has 0 atom stereocenters. The predicted octanol–water partition coefficient (Wildman–Crippen LogP) is 3.68. The molecule has 0 unspecified atom stereocenters. The van der Waals surface area contributed by atoms with Crippen LogP contribution in [0.25, 0.3) is 0 Å². The number of oxime groups is 1. The van der Waals surface area contributed by atoms with Crippen molar-refractivity contribution in [1.29, 1.82) is 0 Å². The van der Waals surface area contributed by atoms with Crippen LogP contribution < -0.4 is 10.6 Å². The second kappa shape index (κ2) is 8.55. The Bertz CT molecular complexity index is 443. The minimum absolute atomic E-state index is 0.171. The topological polar surface area (TPSA) is 61.8 Å². The van der Waals surface area contributed by atoms with E-state index in [0.29, 0.717) is 11.8 Å². The lowest BCUT2D eigenvalue weighted by Gasteiger charge is -2.28. The van der Waals surface area contributed by atoms with Gasteiger partial charge in [0.1, 0.15) is 0 Å². The van der Waals surface area contributed by atoms with E-state index in [1.807, 2.05) is 24.3 Å². The van der Waals surface area contributed by atoms with Crippen LogP contribution in [0.3, 0.4) is 0 Å². The third-order valence-electron chi connectivity index (χ3n) is 3.58. The van der Waals surface area contributed by atoms with E-state index < -0.39 is 0 Å². The number of rotatable bonds is 8. The predicted molar refractivity (Wildman–Crippen MR) is 90.1 cm³/mol. The van der Waals surface area contributed by atoms with Gasteiger partial charge in [0.15, 0.2) is 5.84 Å². The van der Waals surface area contributed by atoms with E-state index in [0.717, 1.165) is 37.2 Å². The van der Waals surface area contributed by atoms with Crippen LogP contribution in [-0.4, -0.2) is 24.1 Å². The summed E-state index contributed by atoms with van der Waals surface area (Å²) in [6.45, 7) is 10.9. The van der Waals surface area contributed by atoms with Crippen LogP contribution in [0.2, 0.25) is 0 Å². The zero-order valence-corrected chi connectivity index (χ0v) is 13.7. The first-order chi connectivity index (χ1) is 9.95. The summed E-state index contributed by atoms with van der Waals surface area (Å²) >= 11 is 0. The van der Waals surface area contributed by atoms with Crippen LogP contribution in [0.1, 0.15) is 46.1 Å². The second-order valence-corrected chi connectivity index (χ2v) is 6.35. The van der Waals surface area contributed by atoms with E-state index >= 15 is 0 Å². The molecule has 0 aliphatic carbocycles. The van der Waals surface area contributed by atoms with Crippen molar-refractivity contribution in [2.45, 2.75) is 40.5 Å². The molecule has 4 heteroatoms. The number of hydrogen-bond acceptors (Lipinski definition) is 3. The van der Waals surface area contributed by atoms with Crippen molar-refractivity contribution in [1.82, 2.24) is 0 Å². The second-order valence-electron chi connectivity index (χ2n) is 6.35. The Balaban J connectivity index is 3.00. The highest BCUT2D eigenvalue weighted by atomic mass is 16.4. The van der Waals surface area contributed by atoms with Gasteiger partial charge in [-0.1, -0.05) is 45.0 Å². The Morgan fingerprint density at radius 2 is 1.62 bits per heavy atom. The Labute approximate surface area is 128 Å².